The van der Waals surface area contributed by atoms with Gasteiger partial charge in [-0.3, -0.25) is 9.69 Å². The highest BCUT2D eigenvalue weighted by atomic mass is 19.1. The number of nitrogens with one attached hydrogen (secondary N) is 1. The molecule has 0 unspecified atom stereocenters. The molecule has 0 atom stereocenters. The van der Waals surface area contributed by atoms with Crippen molar-refractivity contribution < 1.29 is 9.18 Å². The number of amides is 1. The maximum Gasteiger partial charge on any atom is 0.238 e. The summed E-state index contributed by atoms with van der Waals surface area (Å²) in [6.07, 6.45) is 0. The Morgan fingerprint density at radius 1 is 1.50 bits per heavy atom. The second-order valence-corrected chi connectivity index (χ2v) is 4.18. The summed E-state index contributed by atoms with van der Waals surface area (Å²) < 4.78 is 13.3. The Morgan fingerprint density at radius 3 is 2.72 bits per heavy atom. The molecule has 0 heterocycles. The topological polar surface area (TPSA) is 56.1 Å². The van der Waals surface area contributed by atoms with Gasteiger partial charge in [0.1, 0.15) is 5.82 Å². The number of para-hydroxylation sites is 1. The Kier molecular flexibility index (Phi) is 5.28. The Bertz CT molecular complexity index is 454. The minimum Gasteiger partial charge on any atom is -0.322 e. The third-order valence-electron chi connectivity index (χ3n) is 2.50. The van der Waals surface area contributed by atoms with Crippen LogP contribution in [0.15, 0.2) is 24.3 Å². The minimum atomic E-state index is -0.470. The van der Waals surface area contributed by atoms with Crippen LogP contribution in [0.3, 0.4) is 0 Å². The minimum absolute atomic E-state index is 0.0690. The average Bonchev–Trinajstić information content (AvgIpc) is 2.31. The van der Waals surface area contributed by atoms with Gasteiger partial charge in [0.15, 0.2) is 0 Å². The summed E-state index contributed by atoms with van der Waals surface area (Å²) >= 11 is 0. The number of benzene rings is 1. The Balaban J connectivity index is 2.61. The second kappa shape index (κ2) is 6.72. The highest BCUT2D eigenvalue weighted by molar-refractivity contribution is 5.92. The molecule has 0 saturated heterocycles. The average molecular weight is 249 g/mol. The van der Waals surface area contributed by atoms with E-state index in [1.165, 1.54) is 12.1 Å². The van der Waals surface area contributed by atoms with Crippen molar-refractivity contribution in [2.45, 2.75) is 19.9 Å². The van der Waals surface area contributed by atoms with Crippen molar-refractivity contribution >= 4 is 11.6 Å². The molecule has 1 aromatic carbocycles. The first kappa shape index (κ1) is 14.1. The van der Waals surface area contributed by atoms with E-state index in [0.717, 1.165) is 0 Å². The molecule has 0 bridgehead atoms. The van der Waals surface area contributed by atoms with Crippen LogP contribution in [0.1, 0.15) is 13.8 Å². The van der Waals surface area contributed by atoms with Crippen LogP contribution in [0, 0.1) is 17.1 Å². The Hall–Kier alpha value is -1.93. The van der Waals surface area contributed by atoms with E-state index in [9.17, 15) is 9.18 Å². The number of nitriles is 1. The third-order valence-corrected chi connectivity index (χ3v) is 2.50. The van der Waals surface area contributed by atoms with Crippen molar-refractivity contribution in [2.24, 2.45) is 0 Å². The maximum absolute atomic E-state index is 13.3. The van der Waals surface area contributed by atoms with Gasteiger partial charge in [0.05, 0.1) is 24.8 Å². The summed E-state index contributed by atoms with van der Waals surface area (Å²) in [6, 6.07) is 8.06. The molecule has 1 aromatic rings. The lowest BCUT2D eigenvalue weighted by Crippen LogP contribution is -2.38. The molecule has 5 heteroatoms. The Morgan fingerprint density at radius 2 is 2.17 bits per heavy atom. The maximum atomic E-state index is 13.3. The molecule has 0 radical (unpaired) electrons. The van der Waals surface area contributed by atoms with Crippen LogP contribution in [-0.2, 0) is 4.79 Å². The van der Waals surface area contributed by atoms with E-state index in [0.29, 0.717) is 0 Å². The van der Waals surface area contributed by atoms with Gasteiger partial charge in [-0.05, 0) is 26.0 Å². The predicted octanol–water partition coefficient (Wildman–Crippen LogP) is 2.00. The van der Waals surface area contributed by atoms with E-state index in [2.05, 4.69) is 5.32 Å². The molecule has 96 valence electrons. The fourth-order valence-electron chi connectivity index (χ4n) is 1.45. The Labute approximate surface area is 106 Å². The molecular formula is C13H16FN3O. The van der Waals surface area contributed by atoms with Crippen molar-refractivity contribution in [1.82, 2.24) is 4.90 Å². The molecule has 0 spiro atoms. The molecule has 0 aliphatic heterocycles. The number of rotatable bonds is 5. The quantitative estimate of drug-likeness (QED) is 0.812. The SMILES string of the molecule is CC(C)N(CC#N)CC(=O)Nc1ccccc1F. The second-order valence-electron chi connectivity index (χ2n) is 4.18. The van der Waals surface area contributed by atoms with E-state index in [1.807, 2.05) is 19.9 Å². The highest BCUT2D eigenvalue weighted by Gasteiger charge is 2.14. The van der Waals surface area contributed by atoms with Crippen LogP contribution >= 0.6 is 0 Å². The van der Waals surface area contributed by atoms with Gasteiger partial charge in [0.25, 0.3) is 0 Å². The van der Waals surface area contributed by atoms with Gasteiger partial charge in [-0.2, -0.15) is 5.26 Å². The summed E-state index contributed by atoms with van der Waals surface area (Å²) in [6.45, 7) is 4.03. The first-order valence-electron chi connectivity index (χ1n) is 5.70. The molecule has 0 aliphatic rings. The fourth-order valence-corrected chi connectivity index (χ4v) is 1.45. The van der Waals surface area contributed by atoms with E-state index in [4.69, 9.17) is 5.26 Å². The molecule has 1 rings (SSSR count). The van der Waals surface area contributed by atoms with Gasteiger partial charge < -0.3 is 5.32 Å². The van der Waals surface area contributed by atoms with Crippen molar-refractivity contribution in [3.8, 4) is 6.07 Å². The first-order valence-corrected chi connectivity index (χ1v) is 5.70. The standard InChI is InChI=1S/C13H16FN3O/c1-10(2)17(8-7-15)9-13(18)16-12-6-4-3-5-11(12)14/h3-6,10H,8-9H2,1-2H3,(H,16,18). The van der Waals surface area contributed by atoms with Crippen molar-refractivity contribution in [3.05, 3.63) is 30.1 Å². The van der Waals surface area contributed by atoms with E-state index >= 15 is 0 Å². The number of carbonyl (C=O) groups excluding carboxylic acids is 1. The van der Waals surface area contributed by atoms with Crippen LogP contribution in [0.25, 0.3) is 0 Å². The van der Waals surface area contributed by atoms with Crippen LogP contribution < -0.4 is 5.32 Å². The fraction of sp³-hybridized carbons (Fsp3) is 0.385. The summed E-state index contributed by atoms with van der Waals surface area (Å²) in [5.74, 6) is -0.800. The van der Waals surface area contributed by atoms with Crippen molar-refractivity contribution in [1.29, 1.82) is 5.26 Å². The van der Waals surface area contributed by atoms with Crippen LogP contribution in [0.5, 0.6) is 0 Å². The van der Waals surface area contributed by atoms with E-state index < -0.39 is 5.82 Å². The normalized spacial score (nSPS) is 10.4. The van der Waals surface area contributed by atoms with Gasteiger partial charge in [0.2, 0.25) is 5.91 Å². The molecule has 4 nitrogen and oxygen atoms in total. The summed E-state index contributed by atoms with van der Waals surface area (Å²) in [5, 5.41) is 11.1. The van der Waals surface area contributed by atoms with Crippen LogP contribution in [0.4, 0.5) is 10.1 Å². The summed E-state index contributed by atoms with van der Waals surface area (Å²) in [4.78, 5) is 13.4. The number of nitrogens with zero attached hydrogens (tertiary/aromatic N) is 2. The van der Waals surface area contributed by atoms with Gasteiger partial charge in [-0.1, -0.05) is 12.1 Å². The molecule has 18 heavy (non-hydrogen) atoms. The molecule has 0 aliphatic carbocycles. The molecule has 1 amide bonds. The van der Waals surface area contributed by atoms with E-state index in [1.54, 1.807) is 17.0 Å². The summed E-state index contributed by atoms with van der Waals surface area (Å²) in [7, 11) is 0. The summed E-state index contributed by atoms with van der Waals surface area (Å²) in [5.41, 5.74) is 0.156. The lowest BCUT2D eigenvalue weighted by molar-refractivity contribution is -0.117. The van der Waals surface area contributed by atoms with Crippen molar-refractivity contribution in [2.75, 3.05) is 18.4 Å². The third kappa shape index (κ3) is 4.15. The van der Waals surface area contributed by atoms with Gasteiger partial charge in [-0.15, -0.1) is 0 Å². The number of hydrogen-bond acceptors (Lipinski definition) is 3. The van der Waals surface area contributed by atoms with Gasteiger partial charge in [-0.25, -0.2) is 4.39 Å². The van der Waals surface area contributed by atoms with Crippen LogP contribution in [0.2, 0.25) is 0 Å². The zero-order chi connectivity index (χ0) is 13.5. The number of hydrogen-bond donors (Lipinski definition) is 1. The van der Waals surface area contributed by atoms with Gasteiger partial charge >= 0.3 is 0 Å². The monoisotopic (exact) mass is 249 g/mol. The smallest absolute Gasteiger partial charge is 0.238 e. The largest absolute Gasteiger partial charge is 0.322 e. The van der Waals surface area contributed by atoms with Crippen molar-refractivity contribution in [3.63, 3.8) is 0 Å². The molecule has 1 N–H and O–H groups in total. The number of halogens is 1. The zero-order valence-corrected chi connectivity index (χ0v) is 10.5. The number of carbonyl (C=O) groups is 1. The molecule has 0 aromatic heterocycles. The lowest BCUT2D eigenvalue weighted by atomic mass is 10.3. The molecular weight excluding hydrogens is 233 g/mol. The molecule has 0 saturated carbocycles. The van der Waals surface area contributed by atoms with Crippen LogP contribution in [-0.4, -0.2) is 29.9 Å². The number of anilines is 1. The predicted molar refractivity (Wildman–Crippen MR) is 67.4 cm³/mol. The van der Waals surface area contributed by atoms with E-state index in [-0.39, 0.29) is 30.7 Å². The van der Waals surface area contributed by atoms with Gasteiger partial charge in [0, 0.05) is 6.04 Å². The highest BCUT2D eigenvalue weighted by Crippen LogP contribution is 2.12. The first-order chi connectivity index (χ1) is 8.54. The lowest BCUT2D eigenvalue weighted by Gasteiger charge is -2.22. The zero-order valence-electron chi connectivity index (χ0n) is 10.5. The molecule has 0 fully saturated rings.